The quantitative estimate of drug-likeness (QED) is 0.722. The normalized spacial score (nSPS) is 17.0. The maximum absolute atomic E-state index is 12.5. The molecule has 1 fully saturated rings. The lowest BCUT2D eigenvalue weighted by molar-refractivity contribution is 0.0958. The molecule has 0 saturated carbocycles. The second-order valence-corrected chi connectivity index (χ2v) is 8.56. The SMILES string of the molecule is C=CCNC(=O)c1ccc2c(c1)N([C@H](C)CN1CCCC1)c1ccccc1S2. The van der Waals surface area contributed by atoms with Crippen molar-refractivity contribution in [2.24, 2.45) is 0 Å². The Balaban J connectivity index is 1.69. The van der Waals surface area contributed by atoms with E-state index in [-0.39, 0.29) is 5.91 Å². The maximum atomic E-state index is 12.5. The average Bonchev–Trinajstić information content (AvgIpc) is 3.22. The van der Waals surface area contributed by atoms with Crippen LogP contribution in [0.4, 0.5) is 11.4 Å². The molecular weight excluding hydrogens is 366 g/mol. The number of nitrogens with one attached hydrogen (secondary N) is 1. The van der Waals surface area contributed by atoms with Gasteiger partial charge in [-0.25, -0.2) is 0 Å². The molecule has 2 aromatic rings. The predicted molar refractivity (Wildman–Crippen MR) is 117 cm³/mol. The number of carbonyl (C=O) groups is 1. The number of benzene rings is 2. The van der Waals surface area contributed by atoms with Gasteiger partial charge in [-0.3, -0.25) is 4.79 Å². The van der Waals surface area contributed by atoms with Crippen molar-refractivity contribution >= 4 is 29.0 Å². The molecule has 1 atom stereocenters. The molecule has 0 unspecified atom stereocenters. The van der Waals surface area contributed by atoms with Crippen LogP contribution in [0.25, 0.3) is 0 Å². The van der Waals surface area contributed by atoms with E-state index >= 15 is 0 Å². The van der Waals surface area contributed by atoms with Crippen LogP contribution in [0.3, 0.4) is 0 Å². The van der Waals surface area contributed by atoms with E-state index in [0.29, 0.717) is 18.2 Å². The fourth-order valence-electron chi connectivity index (χ4n) is 4.09. The van der Waals surface area contributed by atoms with Crippen molar-refractivity contribution in [1.29, 1.82) is 0 Å². The van der Waals surface area contributed by atoms with E-state index < -0.39 is 0 Å². The lowest BCUT2D eigenvalue weighted by atomic mass is 10.1. The summed E-state index contributed by atoms with van der Waals surface area (Å²) in [5.41, 5.74) is 3.05. The zero-order valence-electron chi connectivity index (χ0n) is 16.4. The first-order valence-electron chi connectivity index (χ1n) is 9.99. The molecule has 4 nitrogen and oxygen atoms in total. The van der Waals surface area contributed by atoms with Crippen LogP contribution in [0.5, 0.6) is 0 Å². The summed E-state index contributed by atoms with van der Waals surface area (Å²) in [6, 6.07) is 14.9. The molecule has 0 spiro atoms. The Labute approximate surface area is 171 Å². The minimum Gasteiger partial charge on any atom is -0.349 e. The summed E-state index contributed by atoms with van der Waals surface area (Å²) in [5.74, 6) is -0.0568. The minimum atomic E-state index is -0.0568. The van der Waals surface area contributed by atoms with Gasteiger partial charge < -0.3 is 15.1 Å². The minimum absolute atomic E-state index is 0.0568. The Hall–Kier alpha value is -2.24. The molecule has 0 bridgehead atoms. The Bertz CT molecular complexity index is 876. The lowest BCUT2D eigenvalue weighted by Crippen LogP contribution is -2.40. The van der Waals surface area contributed by atoms with Gasteiger partial charge in [-0.1, -0.05) is 30.0 Å². The Morgan fingerprint density at radius 2 is 1.93 bits per heavy atom. The number of amides is 1. The highest BCUT2D eigenvalue weighted by molar-refractivity contribution is 7.99. The number of fused-ring (bicyclic) bond motifs is 2. The maximum Gasteiger partial charge on any atom is 0.251 e. The summed E-state index contributed by atoms with van der Waals surface area (Å²) >= 11 is 1.78. The molecule has 0 radical (unpaired) electrons. The van der Waals surface area contributed by atoms with Crippen LogP contribution in [0.1, 0.15) is 30.1 Å². The van der Waals surface area contributed by atoms with Crippen LogP contribution in [0, 0.1) is 0 Å². The smallest absolute Gasteiger partial charge is 0.251 e. The second kappa shape index (κ2) is 8.41. The molecule has 0 aromatic heterocycles. The molecule has 5 heteroatoms. The van der Waals surface area contributed by atoms with Crippen molar-refractivity contribution in [3.63, 3.8) is 0 Å². The van der Waals surface area contributed by atoms with Gasteiger partial charge >= 0.3 is 0 Å². The van der Waals surface area contributed by atoms with E-state index in [9.17, 15) is 4.79 Å². The van der Waals surface area contributed by atoms with E-state index in [1.54, 1.807) is 17.8 Å². The standard InChI is InChI=1S/C23H27N3OS/c1-3-12-24-23(27)18-10-11-22-20(15-18)26(17(2)16-25-13-6-7-14-25)19-8-4-5-9-21(19)28-22/h3-5,8-11,15,17H,1,6-7,12-14,16H2,2H3,(H,24,27)/t17-/m1/s1. The zero-order valence-corrected chi connectivity index (χ0v) is 17.2. The number of carbonyl (C=O) groups excluding carboxylic acids is 1. The van der Waals surface area contributed by atoms with Crippen molar-refractivity contribution in [2.75, 3.05) is 31.1 Å². The molecule has 146 valence electrons. The van der Waals surface area contributed by atoms with Crippen LogP contribution in [0.2, 0.25) is 0 Å². The molecule has 2 heterocycles. The topological polar surface area (TPSA) is 35.6 Å². The fourth-order valence-corrected chi connectivity index (χ4v) is 5.14. The Kier molecular flexibility index (Phi) is 5.74. The van der Waals surface area contributed by atoms with Gasteiger partial charge in [-0.05, 0) is 63.2 Å². The molecule has 1 saturated heterocycles. The van der Waals surface area contributed by atoms with Gasteiger partial charge in [0.05, 0.1) is 11.4 Å². The first kappa shape index (κ1) is 19.1. The van der Waals surface area contributed by atoms with Gasteiger partial charge in [0, 0.05) is 34.5 Å². The highest BCUT2D eigenvalue weighted by Gasteiger charge is 2.29. The summed E-state index contributed by atoms with van der Waals surface area (Å²) in [6.07, 6.45) is 4.29. The van der Waals surface area contributed by atoms with Gasteiger partial charge in [0.2, 0.25) is 0 Å². The van der Waals surface area contributed by atoms with E-state index in [4.69, 9.17) is 0 Å². The molecule has 0 aliphatic carbocycles. The molecular formula is C23H27N3OS. The van der Waals surface area contributed by atoms with Crippen molar-refractivity contribution in [2.45, 2.75) is 35.6 Å². The van der Waals surface area contributed by atoms with Crippen LogP contribution >= 0.6 is 11.8 Å². The molecule has 2 aliphatic rings. The van der Waals surface area contributed by atoms with Crippen molar-refractivity contribution < 1.29 is 4.79 Å². The highest BCUT2D eigenvalue weighted by Crippen LogP contribution is 2.49. The number of para-hydroxylation sites is 1. The number of hydrogen-bond donors (Lipinski definition) is 1. The summed E-state index contributed by atoms with van der Waals surface area (Å²) in [4.78, 5) is 19.9. The van der Waals surface area contributed by atoms with E-state index in [0.717, 1.165) is 12.2 Å². The van der Waals surface area contributed by atoms with E-state index in [1.807, 2.05) is 12.1 Å². The second-order valence-electron chi connectivity index (χ2n) is 7.48. The molecule has 1 amide bonds. The van der Waals surface area contributed by atoms with Crippen LogP contribution in [0.15, 0.2) is 64.9 Å². The number of rotatable bonds is 6. The van der Waals surface area contributed by atoms with Gasteiger partial charge in [0.1, 0.15) is 0 Å². The van der Waals surface area contributed by atoms with Crippen molar-refractivity contribution in [1.82, 2.24) is 10.2 Å². The van der Waals surface area contributed by atoms with Gasteiger partial charge in [-0.15, -0.1) is 6.58 Å². The Morgan fingerprint density at radius 3 is 2.71 bits per heavy atom. The third-order valence-electron chi connectivity index (χ3n) is 5.39. The lowest BCUT2D eigenvalue weighted by Gasteiger charge is -2.39. The number of likely N-dealkylation sites (tertiary alicyclic amines) is 1. The predicted octanol–water partition coefficient (Wildman–Crippen LogP) is 4.69. The molecule has 4 rings (SSSR count). The first-order chi connectivity index (χ1) is 13.7. The highest BCUT2D eigenvalue weighted by atomic mass is 32.2. The van der Waals surface area contributed by atoms with Crippen molar-refractivity contribution in [3.05, 3.63) is 60.7 Å². The largest absolute Gasteiger partial charge is 0.349 e. The van der Waals surface area contributed by atoms with Gasteiger partial charge in [0.15, 0.2) is 0 Å². The molecule has 28 heavy (non-hydrogen) atoms. The number of hydrogen-bond acceptors (Lipinski definition) is 4. The molecule has 2 aliphatic heterocycles. The first-order valence-corrected chi connectivity index (χ1v) is 10.8. The molecule has 1 N–H and O–H groups in total. The summed E-state index contributed by atoms with van der Waals surface area (Å²) in [6.45, 7) is 9.85. The van der Waals surface area contributed by atoms with Crippen molar-refractivity contribution in [3.8, 4) is 0 Å². The zero-order chi connectivity index (χ0) is 19.5. The van der Waals surface area contributed by atoms with E-state index in [2.05, 4.69) is 59.0 Å². The number of nitrogens with zero attached hydrogens (tertiary/aromatic N) is 2. The van der Waals surface area contributed by atoms with Gasteiger partial charge in [0.25, 0.3) is 5.91 Å². The summed E-state index contributed by atoms with van der Waals surface area (Å²) in [5, 5.41) is 2.89. The van der Waals surface area contributed by atoms with E-state index in [1.165, 1.54) is 41.4 Å². The average molecular weight is 394 g/mol. The molecule has 2 aromatic carbocycles. The van der Waals surface area contributed by atoms with Crippen LogP contribution in [-0.2, 0) is 0 Å². The van der Waals surface area contributed by atoms with Crippen LogP contribution < -0.4 is 10.2 Å². The van der Waals surface area contributed by atoms with Gasteiger partial charge in [-0.2, -0.15) is 0 Å². The Morgan fingerprint density at radius 1 is 1.18 bits per heavy atom. The summed E-state index contributed by atoms with van der Waals surface area (Å²) in [7, 11) is 0. The fraction of sp³-hybridized carbons (Fsp3) is 0.348. The third kappa shape index (κ3) is 3.82. The third-order valence-corrected chi connectivity index (χ3v) is 6.52. The van der Waals surface area contributed by atoms with Crippen LogP contribution in [-0.4, -0.2) is 43.0 Å². The monoisotopic (exact) mass is 393 g/mol. The number of anilines is 2. The summed E-state index contributed by atoms with van der Waals surface area (Å²) < 4.78 is 0.